The Labute approximate surface area is 156 Å². The highest BCUT2D eigenvalue weighted by molar-refractivity contribution is 6.06. The van der Waals surface area contributed by atoms with Crippen molar-refractivity contribution in [2.75, 3.05) is 25.7 Å². The molecule has 27 heavy (non-hydrogen) atoms. The number of benzene rings is 2. The highest BCUT2D eigenvalue weighted by Gasteiger charge is 2.43. The molecule has 6 heteroatoms. The van der Waals surface area contributed by atoms with Crippen LogP contribution in [0.15, 0.2) is 59.8 Å². The fourth-order valence-corrected chi connectivity index (χ4v) is 3.69. The smallest absolute Gasteiger partial charge is 0.336 e. The summed E-state index contributed by atoms with van der Waals surface area (Å²) in [7, 11) is 3.12. The number of nitrogens with zero attached hydrogens (tertiary/aromatic N) is 1. The van der Waals surface area contributed by atoms with Crippen LogP contribution >= 0.6 is 0 Å². The zero-order valence-electron chi connectivity index (χ0n) is 15.1. The van der Waals surface area contributed by atoms with E-state index in [1.807, 2.05) is 42.5 Å². The number of amides is 1. The van der Waals surface area contributed by atoms with Gasteiger partial charge in [0, 0.05) is 18.0 Å². The van der Waals surface area contributed by atoms with Crippen LogP contribution in [-0.4, -0.2) is 32.7 Å². The van der Waals surface area contributed by atoms with Gasteiger partial charge in [-0.15, -0.1) is 0 Å². The van der Waals surface area contributed by atoms with Crippen LogP contribution in [0.1, 0.15) is 17.9 Å². The molecule has 6 nitrogen and oxygen atoms in total. The minimum Gasteiger partial charge on any atom is -0.493 e. The van der Waals surface area contributed by atoms with E-state index in [1.54, 1.807) is 25.2 Å². The normalized spacial score (nSPS) is 19.0. The van der Waals surface area contributed by atoms with Gasteiger partial charge in [-0.1, -0.05) is 24.3 Å². The molecule has 0 saturated carbocycles. The third kappa shape index (κ3) is 2.83. The van der Waals surface area contributed by atoms with Crippen molar-refractivity contribution in [2.24, 2.45) is 0 Å². The zero-order valence-corrected chi connectivity index (χ0v) is 15.1. The van der Waals surface area contributed by atoms with Gasteiger partial charge in [-0.3, -0.25) is 9.69 Å². The molecule has 138 valence electrons. The number of anilines is 1. The summed E-state index contributed by atoms with van der Waals surface area (Å²) in [5.41, 5.74) is 2.70. The summed E-state index contributed by atoms with van der Waals surface area (Å²) in [5.74, 6) is 0.331. The molecule has 2 aromatic carbocycles. The van der Waals surface area contributed by atoms with Crippen molar-refractivity contribution >= 4 is 17.6 Å². The molecule has 0 radical (unpaired) electrons. The number of esters is 1. The maximum atomic E-state index is 13.0. The van der Waals surface area contributed by atoms with Crippen LogP contribution < -0.4 is 14.4 Å². The van der Waals surface area contributed by atoms with E-state index in [9.17, 15) is 9.59 Å². The number of para-hydroxylation sites is 1. The van der Waals surface area contributed by atoms with Gasteiger partial charge in [0.2, 0.25) is 5.91 Å². The number of carbonyl (C=O) groups excluding carboxylic acids is 2. The Balaban J connectivity index is 1.81. The molecule has 2 heterocycles. The summed E-state index contributed by atoms with van der Waals surface area (Å²) in [4.78, 5) is 27.0. The molecule has 0 fully saturated rings. The Hall–Kier alpha value is -3.28. The molecule has 4 rings (SSSR count). The van der Waals surface area contributed by atoms with Gasteiger partial charge in [-0.25, -0.2) is 4.79 Å². The van der Waals surface area contributed by atoms with E-state index in [2.05, 4.69) is 0 Å². The van der Waals surface area contributed by atoms with Crippen LogP contribution in [0.3, 0.4) is 0 Å². The molecule has 0 N–H and O–H groups in total. The SMILES string of the molecule is COc1ccc([C@@H]2CC(=O)N(c3ccccc3)C3=C2C(=O)OC3)cc1OC. The maximum Gasteiger partial charge on any atom is 0.336 e. The van der Waals surface area contributed by atoms with Crippen molar-refractivity contribution in [3.05, 3.63) is 65.4 Å². The lowest BCUT2D eigenvalue weighted by Gasteiger charge is -2.32. The van der Waals surface area contributed by atoms with Crippen LogP contribution in [0.2, 0.25) is 0 Å². The number of methoxy groups -OCH3 is 2. The summed E-state index contributed by atoms with van der Waals surface area (Å²) in [6.45, 7) is 0.0958. The quantitative estimate of drug-likeness (QED) is 0.779. The van der Waals surface area contributed by atoms with Crippen LogP contribution in [0.5, 0.6) is 11.5 Å². The van der Waals surface area contributed by atoms with Crippen LogP contribution in [0, 0.1) is 0 Å². The second-order valence-electron chi connectivity index (χ2n) is 6.37. The first kappa shape index (κ1) is 17.1. The average Bonchev–Trinajstić information content (AvgIpc) is 3.08. The van der Waals surface area contributed by atoms with E-state index < -0.39 is 0 Å². The molecular formula is C21H19NO5. The molecule has 2 aromatic rings. The minimum absolute atomic E-state index is 0.0713. The lowest BCUT2D eigenvalue weighted by molar-refractivity contribution is -0.136. The monoisotopic (exact) mass is 365 g/mol. The number of ether oxygens (including phenoxy) is 3. The van der Waals surface area contributed by atoms with Gasteiger partial charge in [0.15, 0.2) is 11.5 Å². The Morgan fingerprint density at radius 2 is 1.74 bits per heavy atom. The average molecular weight is 365 g/mol. The molecule has 1 atom stereocenters. The Morgan fingerprint density at radius 1 is 1.00 bits per heavy atom. The number of hydrogen-bond acceptors (Lipinski definition) is 5. The molecule has 0 saturated heterocycles. The highest BCUT2D eigenvalue weighted by Crippen LogP contribution is 2.43. The van der Waals surface area contributed by atoms with Gasteiger partial charge in [0.05, 0.1) is 25.5 Å². The van der Waals surface area contributed by atoms with Gasteiger partial charge in [0.25, 0.3) is 0 Å². The van der Waals surface area contributed by atoms with E-state index >= 15 is 0 Å². The number of rotatable bonds is 4. The first-order valence-corrected chi connectivity index (χ1v) is 8.64. The van der Waals surface area contributed by atoms with Gasteiger partial charge >= 0.3 is 5.97 Å². The summed E-state index contributed by atoms with van der Waals surface area (Å²) >= 11 is 0. The van der Waals surface area contributed by atoms with Crippen molar-refractivity contribution in [1.29, 1.82) is 0 Å². The first-order chi connectivity index (χ1) is 13.1. The third-order valence-corrected chi connectivity index (χ3v) is 4.94. The molecule has 0 aromatic heterocycles. The van der Waals surface area contributed by atoms with Gasteiger partial charge < -0.3 is 14.2 Å². The van der Waals surface area contributed by atoms with E-state index in [0.29, 0.717) is 22.8 Å². The second-order valence-corrected chi connectivity index (χ2v) is 6.37. The summed E-state index contributed by atoms with van der Waals surface area (Å²) in [5, 5.41) is 0. The topological polar surface area (TPSA) is 65.1 Å². The number of hydrogen-bond donors (Lipinski definition) is 0. The predicted molar refractivity (Wildman–Crippen MR) is 98.8 cm³/mol. The highest BCUT2D eigenvalue weighted by atomic mass is 16.5. The van der Waals surface area contributed by atoms with E-state index in [0.717, 1.165) is 11.3 Å². The maximum absolute atomic E-state index is 13.0. The Kier molecular flexibility index (Phi) is 4.32. The Morgan fingerprint density at radius 3 is 2.44 bits per heavy atom. The van der Waals surface area contributed by atoms with Crippen LogP contribution in [-0.2, 0) is 14.3 Å². The summed E-state index contributed by atoms with van der Waals surface area (Å²) < 4.78 is 15.9. The van der Waals surface area contributed by atoms with Gasteiger partial charge in [-0.05, 0) is 29.8 Å². The predicted octanol–water partition coefficient (Wildman–Crippen LogP) is 3.04. The fraction of sp³-hybridized carbons (Fsp3) is 0.238. The summed E-state index contributed by atoms with van der Waals surface area (Å²) in [6, 6.07) is 14.8. The minimum atomic E-state index is -0.377. The molecular weight excluding hydrogens is 346 g/mol. The largest absolute Gasteiger partial charge is 0.493 e. The zero-order chi connectivity index (χ0) is 19.0. The van der Waals surface area contributed by atoms with Crippen molar-refractivity contribution in [2.45, 2.75) is 12.3 Å². The van der Waals surface area contributed by atoms with E-state index in [-0.39, 0.29) is 30.8 Å². The number of cyclic esters (lactones) is 1. The van der Waals surface area contributed by atoms with Gasteiger partial charge in [-0.2, -0.15) is 0 Å². The van der Waals surface area contributed by atoms with E-state index in [4.69, 9.17) is 14.2 Å². The molecule has 0 unspecified atom stereocenters. The standard InChI is InChI=1S/C21H19NO5/c1-25-17-9-8-13(10-18(17)26-2)15-11-19(23)22(14-6-4-3-5-7-14)16-12-27-21(24)20(15)16/h3-10,15H,11-12H2,1-2H3/t15-/m0/s1. The summed E-state index contributed by atoms with van der Waals surface area (Å²) in [6.07, 6.45) is 0.179. The molecule has 2 aliphatic heterocycles. The second kappa shape index (κ2) is 6.79. The lowest BCUT2D eigenvalue weighted by Crippen LogP contribution is -2.37. The number of carbonyl (C=O) groups is 2. The van der Waals surface area contributed by atoms with Crippen molar-refractivity contribution in [3.63, 3.8) is 0 Å². The van der Waals surface area contributed by atoms with Crippen LogP contribution in [0.4, 0.5) is 5.69 Å². The van der Waals surface area contributed by atoms with Gasteiger partial charge in [0.1, 0.15) is 6.61 Å². The molecule has 1 amide bonds. The molecule has 2 aliphatic rings. The van der Waals surface area contributed by atoms with Crippen molar-refractivity contribution in [1.82, 2.24) is 0 Å². The van der Waals surface area contributed by atoms with Crippen molar-refractivity contribution in [3.8, 4) is 11.5 Å². The third-order valence-electron chi connectivity index (χ3n) is 4.94. The lowest BCUT2D eigenvalue weighted by atomic mass is 9.84. The van der Waals surface area contributed by atoms with Crippen LogP contribution in [0.25, 0.3) is 0 Å². The van der Waals surface area contributed by atoms with Crippen molar-refractivity contribution < 1.29 is 23.8 Å². The molecule has 0 aliphatic carbocycles. The Bertz CT molecular complexity index is 935. The molecule has 0 spiro atoms. The molecule has 0 bridgehead atoms. The first-order valence-electron chi connectivity index (χ1n) is 8.64. The van der Waals surface area contributed by atoms with E-state index in [1.165, 1.54) is 0 Å². The fourth-order valence-electron chi connectivity index (χ4n) is 3.69.